The van der Waals surface area contributed by atoms with Crippen LogP contribution in [0, 0.1) is 0 Å². The van der Waals surface area contributed by atoms with Gasteiger partial charge in [0.1, 0.15) is 12.0 Å². The second-order valence-corrected chi connectivity index (χ2v) is 5.35. The van der Waals surface area contributed by atoms with E-state index in [-0.39, 0.29) is 23.8 Å². The Hall–Kier alpha value is -2.86. The molecule has 0 saturated carbocycles. The van der Waals surface area contributed by atoms with Gasteiger partial charge in [-0.2, -0.15) is 0 Å². The number of rotatable bonds is 7. The lowest BCUT2D eigenvalue weighted by Gasteiger charge is -2.10. The van der Waals surface area contributed by atoms with E-state index in [2.05, 4.69) is 5.32 Å². The summed E-state index contributed by atoms with van der Waals surface area (Å²) in [6, 6.07) is 10.9. The van der Waals surface area contributed by atoms with Gasteiger partial charge in [0.15, 0.2) is 6.61 Å². The number of anilines is 1. The van der Waals surface area contributed by atoms with Crippen LogP contribution >= 0.6 is 11.6 Å². The predicted octanol–water partition coefficient (Wildman–Crippen LogP) is 3.35. The number of carbonyl (C=O) groups is 3. The first-order valence-electron chi connectivity index (χ1n) is 7.48. The van der Waals surface area contributed by atoms with E-state index in [1.54, 1.807) is 37.3 Å². The molecule has 2 aromatic carbocycles. The number of amides is 1. The predicted molar refractivity (Wildman–Crippen MR) is 93.4 cm³/mol. The molecule has 0 bridgehead atoms. The summed E-state index contributed by atoms with van der Waals surface area (Å²) in [4.78, 5) is 34.3. The van der Waals surface area contributed by atoms with E-state index in [0.29, 0.717) is 17.0 Å². The number of aldehydes is 1. The molecule has 0 aromatic heterocycles. The standard InChI is InChI=1S/C18H16ClNO5/c1-2-24-18(23)15-9-13(5-8-16(15)19)20-17(22)11-25-14-6-3-12(10-21)4-7-14/h3-10H,2,11H2,1H3,(H,20,22). The second-order valence-electron chi connectivity index (χ2n) is 4.94. The minimum absolute atomic E-state index is 0.173. The number of benzene rings is 2. The van der Waals surface area contributed by atoms with Crippen LogP contribution in [-0.4, -0.2) is 31.4 Å². The zero-order valence-corrected chi connectivity index (χ0v) is 14.2. The molecule has 25 heavy (non-hydrogen) atoms. The van der Waals surface area contributed by atoms with E-state index in [1.165, 1.54) is 12.1 Å². The van der Waals surface area contributed by atoms with Crippen molar-refractivity contribution < 1.29 is 23.9 Å². The van der Waals surface area contributed by atoms with Crippen molar-refractivity contribution in [1.82, 2.24) is 0 Å². The first-order chi connectivity index (χ1) is 12.0. The van der Waals surface area contributed by atoms with Crippen molar-refractivity contribution in [3.8, 4) is 5.75 Å². The molecule has 7 heteroatoms. The molecule has 0 heterocycles. The fraction of sp³-hybridized carbons (Fsp3) is 0.167. The first kappa shape index (κ1) is 18.5. The third kappa shape index (κ3) is 5.32. The smallest absolute Gasteiger partial charge is 0.339 e. The number of esters is 1. The van der Waals surface area contributed by atoms with E-state index in [1.807, 2.05) is 0 Å². The van der Waals surface area contributed by atoms with E-state index >= 15 is 0 Å². The average molecular weight is 362 g/mol. The Morgan fingerprint density at radius 2 is 1.88 bits per heavy atom. The summed E-state index contributed by atoms with van der Waals surface area (Å²) < 4.78 is 10.2. The third-order valence-corrected chi connectivity index (χ3v) is 3.46. The summed E-state index contributed by atoms with van der Waals surface area (Å²) in [6.45, 7) is 1.69. The highest BCUT2D eigenvalue weighted by Gasteiger charge is 2.13. The Bertz CT molecular complexity index is 774. The number of hydrogen-bond acceptors (Lipinski definition) is 5. The van der Waals surface area contributed by atoms with Gasteiger partial charge in [0, 0.05) is 11.3 Å². The molecule has 0 unspecified atom stereocenters. The van der Waals surface area contributed by atoms with E-state index in [0.717, 1.165) is 6.29 Å². The summed E-state index contributed by atoms with van der Waals surface area (Å²) in [5, 5.41) is 2.85. The number of halogens is 1. The Morgan fingerprint density at radius 1 is 1.16 bits per heavy atom. The zero-order valence-electron chi connectivity index (χ0n) is 13.5. The van der Waals surface area contributed by atoms with Crippen molar-refractivity contribution in [1.29, 1.82) is 0 Å². The van der Waals surface area contributed by atoms with Crippen LogP contribution in [0.5, 0.6) is 5.75 Å². The van der Waals surface area contributed by atoms with Crippen LogP contribution in [0.25, 0.3) is 0 Å². The highest BCUT2D eigenvalue weighted by molar-refractivity contribution is 6.33. The van der Waals surface area contributed by atoms with Gasteiger partial charge in [-0.3, -0.25) is 9.59 Å². The van der Waals surface area contributed by atoms with Gasteiger partial charge in [-0.1, -0.05) is 11.6 Å². The Labute approximate surface area is 149 Å². The molecule has 0 aliphatic heterocycles. The maximum atomic E-state index is 12.0. The molecule has 0 aliphatic carbocycles. The fourth-order valence-corrected chi connectivity index (χ4v) is 2.15. The van der Waals surface area contributed by atoms with E-state index in [4.69, 9.17) is 21.1 Å². The number of hydrogen-bond donors (Lipinski definition) is 1. The Kier molecular flexibility index (Phi) is 6.54. The summed E-state index contributed by atoms with van der Waals surface area (Å²) in [5.41, 5.74) is 1.09. The third-order valence-electron chi connectivity index (χ3n) is 3.13. The van der Waals surface area contributed by atoms with Crippen LogP contribution in [0.1, 0.15) is 27.6 Å². The molecule has 1 amide bonds. The van der Waals surface area contributed by atoms with E-state index < -0.39 is 11.9 Å². The molecule has 1 N–H and O–H groups in total. The van der Waals surface area contributed by atoms with Gasteiger partial charge in [-0.15, -0.1) is 0 Å². The molecule has 0 atom stereocenters. The summed E-state index contributed by atoms with van der Waals surface area (Å²) in [6.07, 6.45) is 0.720. The SMILES string of the molecule is CCOC(=O)c1cc(NC(=O)COc2ccc(C=O)cc2)ccc1Cl. The van der Waals surface area contributed by atoms with Gasteiger partial charge in [0.25, 0.3) is 5.91 Å². The van der Waals surface area contributed by atoms with Crippen LogP contribution in [-0.2, 0) is 9.53 Å². The quantitative estimate of drug-likeness (QED) is 0.604. The molecule has 130 valence electrons. The highest BCUT2D eigenvalue weighted by atomic mass is 35.5. The van der Waals surface area contributed by atoms with Gasteiger partial charge < -0.3 is 14.8 Å². The van der Waals surface area contributed by atoms with Crippen LogP contribution in [0.15, 0.2) is 42.5 Å². The van der Waals surface area contributed by atoms with Gasteiger partial charge in [0.2, 0.25) is 0 Å². The lowest BCUT2D eigenvalue weighted by atomic mass is 10.2. The minimum atomic E-state index is -0.560. The van der Waals surface area contributed by atoms with Crippen LogP contribution in [0.4, 0.5) is 5.69 Å². The van der Waals surface area contributed by atoms with Crippen LogP contribution < -0.4 is 10.1 Å². The zero-order chi connectivity index (χ0) is 18.2. The molecule has 0 fully saturated rings. The summed E-state index contributed by atoms with van der Waals surface area (Å²) in [7, 11) is 0. The molecule has 0 aliphatic rings. The Balaban J connectivity index is 1.96. The average Bonchev–Trinajstić information content (AvgIpc) is 2.62. The number of carbonyl (C=O) groups excluding carboxylic acids is 3. The van der Waals surface area contributed by atoms with Crippen LogP contribution in [0.3, 0.4) is 0 Å². The lowest BCUT2D eigenvalue weighted by Crippen LogP contribution is -2.20. The van der Waals surface area contributed by atoms with Crippen molar-refractivity contribution in [3.63, 3.8) is 0 Å². The monoisotopic (exact) mass is 361 g/mol. The maximum Gasteiger partial charge on any atom is 0.339 e. The topological polar surface area (TPSA) is 81.7 Å². The van der Waals surface area contributed by atoms with Gasteiger partial charge >= 0.3 is 5.97 Å². The molecule has 6 nitrogen and oxygen atoms in total. The minimum Gasteiger partial charge on any atom is -0.484 e. The van der Waals surface area contributed by atoms with Crippen LogP contribution in [0.2, 0.25) is 5.02 Å². The van der Waals surface area contributed by atoms with Crippen molar-refractivity contribution in [2.24, 2.45) is 0 Å². The molecule has 0 radical (unpaired) electrons. The molecular weight excluding hydrogens is 346 g/mol. The summed E-state index contributed by atoms with van der Waals surface area (Å²) >= 11 is 5.97. The van der Waals surface area contributed by atoms with Crippen molar-refractivity contribution >= 4 is 35.5 Å². The fourth-order valence-electron chi connectivity index (χ4n) is 1.96. The highest BCUT2D eigenvalue weighted by Crippen LogP contribution is 2.21. The van der Waals surface area contributed by atoms with Gasteiger partial charge in [-0.05, 0) is 49.4 Å². The second kappa shape index (κ2) is 8.84. The summed E-state index contributed by atoms with van der Waals surface area (Å²) in [5.74, 6) is -0.504. The van der Waals surface area contributed by atoms with Gasteiger partial charge in [-0.25, -0.2) is 4.79 Å². The van der Waals surface area contributed by atoms with Crippen molar-refractivity contribution in [3.05, 3.63) is 58.6 Å². The number of nitrogens with one attached hydrogen (secondary N) is 1. The molecule has 2 aromatic rings. The molecular formula is C18H16ClNO5. The molecule has 0 saturated heterocycles. The lowest BCUT2D eigenvalue weighted by molar-refractivity contribution is -0.118. The van der Waals surface area contributed by atoms with Crippen molar-refractivity contribution in [2.75, 3.05) is 18.5 Å². The van der Waals surface area contributed by atoms with Crippen molar-refractivity contribution in [2.45, 2.75) is 6.92 Å². The number of ether oxygens (including phenoxy) is 2. The van der Waals surface area contributed by atoms with E-state index in [9.17, 15) is 14.4 Å². The van der Waals surface area contributed by atoms with Gasteiger partial charge in [0.05, 0.1) is 17.2 Å². The maximum absolute atomic E-state index is 12.0. The largest absolute Gasteiger partial charge is 0.484 e. The normalized spacial score (nSPS) is 10.0. The first-order valence-corrected chi connectivity index (χ1v) is 7.86. The Morgan fingerprint density at radius 3 is 2.52 bits per heavy atom. The molecule has 2 rings (SSSR count). The molecule has 0 spiro atoms.